The molecule has 3 aromatic rings. The number of anilines is 1. The lowest BCUT2D eigenvalue weighted by molar-refractivity contribution is 0.189. The molecule has 3 N–H and O–H groups in total. The predicted octanol–water partition coefficient (Wildman–Crippen LogP) is 1.44. The SMILES string of the molecule is COCCn1c(N)c(S(=O)(=O)c2ccc(Cl)cc2)c2cn[nH]c(=O)c21. The van der Waals surface area contributed by atoms with Crippen LogP contribution < -0.4 is 11.3 Å². The number of ether oxygens (including phenoxy) is 1. The number of aromatic amines is 1. The Kier molecular flexibility index (Phi) is 4.55. The van der Waals surface area contributed by atoms with Crippen molar-refractivity contribution in [2.75, 3.05) is 19.5 Å². The molecule has 0 aliphatic heterocycles. The summed E-state index contributed by atoms with van der Waals surface area (Å²) in [5.41, 5.74) is 5.71. The molecule has 25 heavy (non-hydrogen) atoms. The standard InChI is InChI=1S/C15H15ClN4O4S/c1-24-7-6-20-12-11(8-18-19-15(12)21)13(14(20)17)25(22,23)10-4-2-9(16)3-5-10/h2-5,8H,6-7,17H2,1H3,(H,19,21). The summed E-state index contributed by atoms with van der Waals surface area (Å²) in [4.78, 5) is 12.1. The summed E-state index contributed by atoms with van der Waals surface area (Å²) in [6.07, 6.45) is 1.28. The summed E-state index contributed by atoms with van der Waals surface area (Å²) in [7, 11) is -2.47. The lowest BCUT2D eigenvalue weighted by Gasteiger charge is -2.08. The number of halogens is 1. The van der Waals surface area contributed by atoms with Gasteiger partial charge in [0, 0.05) is 24.1 Å². The van der Waals surface area contributed by atoms with Crippen molar-refractivity contribution in [1.29, 1.82) is 0 Å². The molecular weight excluding hydrogens is 368 g/mol. The summed E-state index contributed by atoms with van der Waals surface area (Å²) in [6, 6.07) is 5.71. The van der Waals surface area contributed by atoms with E-state index in [4.69, 9.17) is 22.1 Å². The number of rotatable bonds is 5. The Hall–Kier alpha value is -2.36. The van der Waals surface area contributed by atoms with Gasteiger partial charge >= 0.3 is 0 Å². The van der Waals surface area contributed by atoms with Crippen LogP contribution in [0.15, 0.2) is 45.0 Å². The monoisotopic (exact) mass is 382 g/mol. The van der Waals surface area contributed by atoms with E-state index in [0.29, 0.717) is 5.02 Å². The summed E-state index contributed by atoms with van der Waals surface area (Å²) in [5, 5.41) is 6.57. The van der Waals surface area contributed by atoms with Crippen molar-refractivity contribution in [2.45, 2.75) is 16.3 Å². The predicted molar refractivity (Wildman–Crippen MR) is 93.5 cm³/mol. The van der Waals surface area contributed by atoms with Gasteiger partial charge < -0.3 is 15.0 Å². The minimum Gasteiger partial charge on any atom is -0.384 e. The van der Waals surface area contributed by atoms with E-state index in [9.17, 15) is 13.2 Å². The number of H-pyrrole nitrogens is 1. The van der Waals surface area contributed by atoms with Gasteiger partial charge in [0.1, 0.15) is 16.2 Å². The average molecular weight is 383 g/mol. The maximum atomic E-state index is 13.1. The van der Waals surface area contributed by atoms with Gasteiger partial charge in [-0.3, -0.25) is 4.79 Å². The van der Waals surface area contributed by atoms with Crippen LogP contribution in [0.3, 0.4) is 0 Å². The Labute approximate surface area is 148 Å². The van der Waals surface area contributed by atoms with Crippen LogP contribution in [0, 0.1) is 0 Å². The summed E-state index contributed by atoms with van der Waals surface area (Å²) >= 11 is 5.82. The molecule has 2 aromatic heterocycles. The molecule has 0 atom stereocenters. The first-order valence-corrected chi connectivity index (χ1v) is 9.09. The number of aromatic nitrogens is 3. The van der Waals surface area contributed by atoms with Crippen molar-refractivity contribution in [3.05, 3.63) is 45.8 Å². The fourth-order valence-corrected chi connectivity index (χ4v) is 4.32. The van der Waals surface area contributed by atoms with Crippen molar-refractivity contribution >= 4 is 38.2 Å². The molecule has 0 spiro atoms. The van der Waals surface area contributed by atoms with Crippen molar-refractivity contribution in [2.24, 2.45) is 0 Å². The molecule has 2 heterocycles. The van der Waals surface area contributed by atoms with Gasteiger partial charge in [-0.25, -0.2) is 13.5 Å². The van der Waals surface area contributed by atoms with E-state index >= 15 is 0 Å². The van der Waals surface area contributed by atoms with Gasteiger partial charge in [0.15, 0.2) is 0 Å². The molecule has 8 nitrogen and oxygen atoms in total. The van der Waals surface area contributed by atoms with E-state index in [1.807, 2.05) is 0 Å². The van der Waals surface area contributed by atoms with Gasteiger partial charge in [0.25, 0.3) is 5.56 Å². The molecule has 132 valence electrons. The molecule has 0 radical (unpaired) electrons. The van der Waals surface area contributed by atoms with Crippen LogP contribution in [-0.4, -0.2) is 36.9 Å². The largest absolute Gasteiger partial charge is 0.384 e. The van der Waals surface area contributed by atoms with E-state index in [0.717, 1.165) is 0 Å². The van der Waals surface area contributed by atoms with E-state index in [1.165, 1.54) is 42.1 Å². The molecule has 0 saturated carbocycles. The van der Waals surface area contributed by atoms with Crippen LogP contribution in [-0.2, 0) is 21.1 Å². The zero-order valence-electron chi connectivity index (χ0n) is 13.2. The van der Waals surface area contributed by atoms with Gasteiger partial charge in [-0.15, -0.1) is 0 Å². The summed E-state index contributed by atoms with van der Waals surface area (Å²) in [5.74, 6) is -0.0412. The smallest absolute Gasteiger partial charge is 0.288 e. The first kappa shape index (κ1) is 17.5. The van der Waals surface area contributed by atoms with Crippen molar-refractivity contribution in [1.82, 2.24) is 14.8 Å². The first-order valence-electron chi connectivity index (χ1n) is 7.23. The Morgan fingerprint density at radius 2 is 2.00 bits per heavy atom. The third kappa shape index (κ3) is 2.90. The number of nitrogens with one attached hydrogen (secondary N) is 1. The first-order chi connectivity index (χ1) is 11.9. The number of methoxy groups -OCH3 is 1. The highest BCUT2D eigenvalue weighted by Crippen LogP contribution is 2.34. The second-order valence-corrected chi connectivity index (χ2v) is 7.60. The Bertz CT molecular complexity index is 1090. The molecule has 0 amide bonds. The molecule has 0 aliphatic carbocycles. The average Bonchev–Trinajstić information content (AvgIpc) is 2.86. The quantitative estimate of drug-likeness (QED) is 0.688. The van der Waals surface area contributed by atoms with Gasteiger partial charge in [-0.05, 0) is 24.3 Å². The maximum Gasteiger partial charge on any atom is 0.288 e. The molecule has 0 bridgehead atoms. The highest BCUT2D eigenvalue weighted by atomic mass is 35.5. The molecule has 0 unspecified atom stereocenters. The third-order valence-electron chi connectivity index (χ3n) is 3.78. The third-order valence-corrected chi connectivity index (χ3v) is 5.89. The number of sulfone groups is 1. The highest BCUT2D eigenvalue weighted by molar-refractivity contribution is 7.92. The summed E-state index contributed by atoms with van der Waals surface area (Å²) in [6.45, 7) is 0.484. The van der Waals surface area contributed by atoms with Gasteiger partial charge in [-0.1, -0.05) is 11.6 Å². The molecule has 0 fully saturated rings. The van der Waals surface area contributed by atoms with Crippen LogP contribution in [0.1, 0.15) is 0 Å². The number of hydrogen-bond acceptors (Lipinski definition) is 6. The molecule has 1 aromatic carbocycles. The molecule has 0 aliphatic rings. The molecular formula is C15H15ClN4O4S. The van der Waals surface area contributed by atoms with Crippen molar-refractivity contribution in [3.8, 4) is 0 Å². The number of fused-ring (bicyclic) bond motifs is 1. The second-order valence-electron chi connectivity index (χ2n) is 5.28. The molecule has 0 saturated heterocycles. The maximum absolute atomic E-state index is 13.1. The lowest BCUT2D eigenvalue weighted by Crippen LogP contribution is -2.15. The zero-order valence-corrected chi connectivity index (χ0v) is 14.8. The van der Waals surface area contributed by atoms with Gasteiger partial charge in [0.2, 0.25) is 9.84 Å². The van der Waals surface area contributed by atoms with E-state index in [-0.39, 0.29) is 39.7 Å². The number of benzene rings is 1. The lowest BCUT2D eigenvalue weighted by atomic mass is 10.3. The van der Waals surface area contributed by atoms with Gasteiger partial charge in [0.05, 0.1) is 17.7 Å². The topological polar surface area (TPSA) is 120 Å². The number of nitrogen functional groups attached to an aromatic ring is 1. The van der Waals surface area contributed by atoms with Crippen molar-refractivity contribution < 1.29 is 13.2 Å². The Balaban J connectivity index is 2.33. The van der Waals surface area contributed by atoms with E-state index in [2.05, 4.69) is 10.2 Å². The molecule has 3 rings (SSSR count). The van der Waals surface area contributed by atoms with Crippen LogP contribution in [0.5, 0.6) is 0 Å². The zero-order chi connectivity index (χ0) is 18.2. The van der Waals surface area contributed by atoms with Crippen molar-refractivity contribution in [3.63, 3.8) is 0 Å². The fraction of sp³-hybridized carbons (Fsp3) is 0.200. The Morgan fingerprint density at radius 1 is 1.32 bits per heavy atom. The molecule has 10 heteroatoms. The van der Waals surface area contributed by atoms with Gasteiger partial charge in [-0.2, -0.15) is 5.10 Å². The second kappa shape index (κ2) is 6.51. The van der Waals surface area contributed by atoms with Crippen LogP contribution >= 0.6 is 11.6 Å². The fourth-order valence-electron chi connectivity index (χ4n) is 2.64. The van der Waals surface area contributed by atoms with E-state index < -0.39 is 15.4 Å². The van der Waals surface area contributed by atoms with E-state index in [1.54, 1.807) is 0 Å². The highest BCUT2D eigenvalue weighted by Gasteiger charge is 2.29. The Morgan fingerprint density at radius 3 is 2.64 bits per heavy atom. The van der Waals surface area contributed by atoms with Crippen LogP contribution in [0.4, 0.5) is 5.82 Å². The number of nitrogens with two attached hydrogens (primary N) is 1. The summed E-state index contributed by atoms with van der Waals surface area (Å²) < 4.78 is 32.6. The van der Waals surface area contributed by atoms with Crippen LogP contribution in [0.25, 0.3) is 10.9 Å². The van der Waals surface area contributed by atoms with Crippen LogP contribution in [0.2, 0.25) is 5.02 Å². The number of nitrogens with zero attached hydrogens (tertiary/aromatic N) is 2. The minimum atomic E-state index is -3.97. The minimum absolute atomic E-state index is 0.0228. The number of hydrogen-bond donors (Lipinski definition) is 2. The normalized spacial score (nSPS) is 11.9.